The van der Waals surface area contributed by atoms with Crippen LogP contribution in [0.15, 0.2) is 0 Å². The van der Waals surface area contributed by atoms with Crippen LogP contribution in [0.3, 0.4) is 0 Å². The number of aliphatic hydroxyl groups excluding tert-OH is 1. The molecular formula is C8H16BClO2. The van der Waals surface area contributed by atoms with E-state index < -0.39 is 18.3 Å². The average Bonchev–Trinajstić information content (AvgIpc) is 2.05. The van der Waals surface area contributed by atoms with Crippen LogP contribution in [0.25, 0.3) is 0 Å². The lowest BCUT2D eigenvalue weighted by molar-refractivity contribution is 0.0519. The molecule has 2 nitrogen and oxygen atoms in total. The molecule has 2 unspecified atom stereocenters. The van der Waals surface area contributed by atoms with Crippen LogP contribution < -0.4 is 0 Å². The monoisotopic (exact) mass is 190 g/mol. The van der Waals surface area contributed by atoms with Gasteiger partial charge >= 0.3 is 6.92 Å². The Kier molecular flexibility index (Phi) is 2.27. The lowest BCUT2D eigenvalue weighted by Gasteiger charge is -2.37. The first kappa shape index (κ1) is 10.4. The van der Waals surface area contributed by atoms with Crippen LogP contribution >= 0.6 is 11.6 Å². The summed E-state index contributed by atoms with van der Waals surface area (Å²) in [6.45, 7) is 7.10. The average molecular weight is 190 g/mol. The van der Waals surface area contributed by atoms with Crippen molar-refractivity contribution in [1.29, 1.82) is 0 Å². The Labute approximate surface area is 79.0 Å². The molecule has 1 fully saturated rings. The smallest absolute Gasteiger partial charge is 0.316 e. The molecule has 1 saturated heterocycles. The molecule has 12 heavy (non-hydrogen) atoms. The molecule has 2 N–H and O–H groups in total. The number of hydrogen-bond donors (Lipinski definition) is 2. The predicted octanol–water partition coefficient (Wildman–Crippen LogP) is 1.30. The summed E-state index contributed by atoms with van der Waals surface area (Å²) in [5, 5.41) is 18.6. The van der Waals surface area contributed by atoms with Gasteiger partial charge in [0.15, 0.2) is 0 Å². The van der Waals surface area contributed by atoms with E-state index in [0.29, 0.717) is 0 Å². The van der Waals surface area contributed by atoms with Gasteiger partial charge in [-0.25, -0.2) is 0 Å². The zero-order valence-corrected chi connectivity index (χ0v) is 8.76. The highest BCUT2D eigenvalue weighted by atomic mass is 35.5. The van der Waals surface area contributed by atoms with Gasteiger partial charge < -0.3 is 10.1 Å². The first-order chi connectivity index (χ1) is 5.23. The van der Waals surface area contributed by atoms with E-state index in [2.05, 4.69) is 0 Å². The highest BCUT2D eigenvalue weighted by Gasteiger charge is 2.61. The number of aliphatic hydroxyl groups is 1. The van der Waals surface area contributed by atoms with Crippen molar-refractivity contribution in [2.24, 2.45) is 5.41 Å². The predicted molar refractivity (Wildman–Crippen MR) is 51.4 cm³/mol. The number of alkyl halides is 1. The molecule has 1 heterocycles. The topological polar surface area (TPSA) is 40.5 Å². The van der Waals surface area contributed by atoms with Crippen molar-refractivity contribution in [3.05, 3.63) is 0 Å². The summed E-state index contributed by atoms with van der Waals surface area (Å²) >= 11 is 5.88. The fraction of sp³-hybridized carbons (Fsp3) is 1.00. The molecule has 0 bridgehead atoms. The summed E-state index contributed by atoms with van der Waals surface area (Å²) in [4.78, 5) is 0. The van der Waals surface area contributed by atoms with E-state index in [-0.39, 0.29) is 10.7 Å². The Morgan fingerprint density at radius 2 is 1.67 bits per heavy atom. The van der Waals surface area contributed by atoms with E-state index >= 15 is 0 Å². The van der Waals surface area contributed by atoms with Crippen LogP contribution in [0.1, 0.15) is 27.7 Å². The van der Waals surface area contributed by atoms with Crippen molar-refractivity contribution in [2.45, 2.75) is 44.4 Å². The van der Waals surface area contributed by atoms with Gasteiger partial charge in [-0.1, -0.05) is 27.7 Å². The maximum absolute atomic E-state index is 9.74. The first-order valence-corrected chi connectivity index (χ1v) is 4.67. The first-order valence-electron chi connectivity index (χ1n) is 4.23. The van der Waals surface area contributed by atoms with E-state index in [9.17, 15) is 10.1 Å². The van der Waals surface area contributed by atoms with Gasteiger partial charge in [0.1, 0.15) is 0 Å². The van der Waals surface area contributed by atoms with Gasteiger partial charge in [0, 0.05) is 0 Å². The molecule has 0 aromatic heterocycles. The molecule has 0 amide bonds. The third kappa shape index (κ3) is 1.03. The lowest BCUT2D eigenvalue weighted by Crippen LogP contribution is -2.34. The van der Waals surface area contributed by atoms with Crippen LogP contribution in [0.4, 0.5) is 0 Å². The van der Waals surface area contributed by atoms with E-state index in [1.54, 1.807) is 0 Å². The van der Waals surface area contributed by atoms with Crippen molar-refractivity contribution in [1.82, 2.24) is 0 Å². The molecule has 0 spiro atoms. The second-order valence-electron chi connectivity index (χ2n) is 4.78. The summed E-state index contributed by atoms with van der Waals surface area (Å²) in [7, 11) is 0. The highest BCUT2D eigenvalue weighted by molar-refractivity contribution is 6.67. The van der Waals surface area contributed by atoms with Gasteiger partial charge in [0.2, 0.25) is 0 Å². The standard InChI is InChI=1S/C8H16BClO2/c1-7(2)5(11)6(10)9(12)8(7,3)4/h5-6,11-12H,1-4H3. The third-order valence-corrected chi connectivity index (χ3v) is 4.22. The number of hydrogen-bond acceptors (Lipinski definition) is 2. The van der Waals surface area contributed by atoms with Gasteiger partial charge in [-0.3, -0.25) is 0 Å². The van der Waals surface area contributed by atoms with Crippen molar-refractivity contribution in [2.75, 3.05) is 0 Å². The summed E-state index contributed by atoms with van der Waals surface area (Å²) in [6.07, 6.45) is -0.635. The maximum Gasteiger partial charge on any atom is 0.316 e. The SMILES string of the molecule is CC1(C)B(O)C(Cl)C(O)C1(C)C. The van der Waals surface area contributed by atoms with Gasteiger partial charge in [-0.15, -0.1) is 11.6 Å². The normalized spacial score (nSPS) is 38.8. The molecule has 0 aliphatic carbocycles. The van der Waals surface area contributed by atoms with Gasteiger partial charge in [-0.2, -0.15) is 0 Å². The summed E-state index contributed by atoms with van der Waals surface area (Å²) in [5.41, 5.74) is -0.334. The maximum atomic E-state index is 9.74. The summed E-state index contributed by atoms with van der Waals surface area (Å²) in [5.74, 6) is 0. The van der Waals surface area contributed by atoms with Crippen molar-refractivity contribution in [3.63, 3.8) is 0 Å². The zero-order chi connectivity index (χ0) is 9.73. The Balaban J connectivity index is 3.06. The third-order valence-electron chi connectivity index (χ3n) is 3.74. The van der Waals surface area contributed by atoms with Crippen LogP contribution in [0.5, 0.6) is 0 Å². The van der Waals surface area contributed by atoms with Gasteiger partial charge in [0.25, 0.3) is 0 Å². The molecule has 1 aliphatic heterocycles. The second kappa shape index (κ2) is 2.63. The summed E-state index contributed by atoms with van der Waals surface area (Å²) in [6, 6.07) is 0. The Morgan fingerprint density at radius 3 is 1.75 bits per heavy atom. The van der Waals surface area contributed by atoms with Crippen LogP contribution in [-0.2, 0) is 0 Å². The minimum absolute atomic E-state index is 0.334. The molecule has 0 saturated carbocycles. The summed E-state index contributed by atoms with van der Waals surface area (Å²) < 4.78 is 0. The van der Waals surface area contributed by atoms with Gasteiger partial charge in [0.05, 0.1) is 11.4 Å². The van der Waals surface area contributed by atoms with Crippen LogP contribution in [0.2, 0.25) is 5.31 Å². The molecule has 70 valence electrons. The van der Waals surface area contributed by atoms with E-state index in [1.807, 2.05) is 27.7 Å². The van der Waals surface area contributed by atoms with Crippen LogP contribution in [-0.4, -0.2) is 28.4 Å². The highest BCUT2D eigenvalue weighted by Crippen LogP contribution is 2.57. The molecule has 0 aromatic rings. The molecule has 1 aliphatic rings. The zero-order valence-electron chi connectivity index (χ0n) is 8.00. The Bertz CT molecular complexity index is 173. The number of halogens is 1. The Morgan fingerprint density at radius 1 is 1.25 bits per heavy atom. The molecular weight excluding hydrogens is 174 g/mol. The minimum Gasteiger partial charge on any atom is -0.449 e. The molecule has 4 heteroatoms. The van der Waals surface area contributed by atoms with Crippen molar-refractivity contribution in [3.8, 4) is 0 Å². The number of rotatable bonds is 0. The van der Waals surface area contributed by atoms with E-state index in [1.165, 1.54) is 0 Å². The van der Waals surface area contributed by atoms with Crippen molar-refractivity contribution >= 4 is 18.5 Å². The van der Waals surface area contributed by atoms with Gasteiger partial charge in [-0.05, 0) is 10.7 Å². The molecule has 0 radical (unpaired) electrons. The Hall–Kier alpha value is 0.275. The largest absolute Gasteiger partial charge is 0.449 e. The minimum atomic E-state index is -0.635. The van der Waals surface area contributed by atoms with Crippen molar-refractivity contribution < 1.29 is 10.1 Å². The molecule has 0 aromatic carbocycles. The van der Waals surface area contributed by atoms with Crippen LogP contribution in [0, 0.1) is 5.41 Å². The quantitative estimate of drug-likeness (QED) is 0.446. The molecule has 1 rings (SSSR count). The van der Waals surface area contributed by atoms with E-state index in [4.69, 9.17) is 11.6 Å². The fourth-order valence-electron chi connectivity index (χ4n) is 1.73. The van der Waals surface area contributed by atoms with E-state index in [0.717, 1.165) is 0 Å². The molecule has 2 atom stereocenters. The second-order valence-corrected chi connectivity index (χ2v) is 5.28. The lowest BCUT2D eigenvalue weighted by atomic mass is 9.45. The fourth-order valence-corrected chi connectivity index (χ4v) is 2.36.